The lowest BCUT2D eigenvalue weighted by Gasteiger charge is -2.32. The van der Waals surface area contributed by atoms with Gasteiger partial charge in [0.25, 0.3) is 0 Å². The van der Waals surface area contributed by atoms with E-state index in [0.717, 1.165) is 44.2 Å². The molecule has 7 unspecified atom stereocenters. The quantitative estimate of drug-likeness (QED) is 0.171. The highest BCUT2D eigenvalue weighted by atomic mass is 19.4. The Balaban J connectivity index is 1.43. The summed E-state index contributed by atoms with van der Waals surface area (Å²) in [4.78, 5) is 10.8. The molecule has 44 heavy (non-hydrogen) atoms. The van der Waals surface area contributed by atoms with Crippen molar-refractivity contribution in [2.45, 2.75) is 114 Å². The summed E-state index contributed by atoms with van der Waals surface area (Å²) in [6, 6.07) is 4.70. The lowest BCUT2D eigenvalue weighted by atomic mass is 9.98. The Morgan fingerprint density at radius 2 is 1.80 bits per heavy atom. The van der Waals surface area contributed by atoms with Crippen molar-refractivity contribution in [2.75, 3.05) is 26.4 Å². The fraction of sp³-hybridized carbons (Fsp3) is 0.719. The van der Waals surface area contributed by atoms with Gasteiger partial charge in [-0.3, -0.25) is 4.79 Å². The molecule has 248 valence electrons. The van der Waals surface area contributed by atoms with Crippen LogP contribution >= 0.6 is 0 Å². The fourth-order valence-electron chi connectivity index (χ4n) is 5.78. The summed E-state index contributed by atoms with van der Waals surface area (Å²) in [7, 11) is 0. The number of hydrogen-bond donors (Lipinski definition) is 2. The molecular formula is C32H45F3O9. The standard InChI is InChI=1S/C32H45F3O9/c33-32(34,35)22-10-9-11-23(18-22)41-20-24(43-29-14-5-7-16-39-29)21-42-31-25(12-3-1-2-4-13-28(37)38)26(36)19-27(31)44-30-15-6-8-17-40-30/h1,3,9-11,18,24-27,29-31,36H,2,4-8,12-17,19-21H2,(H,37,38)/b3-1+. The first-order chi connectivity index (χ1) is 21.2. The number of rotatable bonds is 16. The Kier molecular flexibility index (Phi) is 13.8. The Bertz CT molecular complexity index is 1020. The molecule has 1 aromatic rings. The van der Waals surface area contributed by atoms with Crippen molar-refractivity contribution in [3.63, 3.8) is 0 Å². The summed E-state index contributed by atoms with van der Waals surface area (Å²) in [5, 5.41) is 19.9. The van der Waals surface area contributed by atoms with E-state index in [1.54, 1.807) is 0 Å². The van der Waals surface area contributed by atoms with Crippen molar-refractivity contribution in [3.8, 4) is 5.75 Å². The van der Waals surface area contributed by atoms with Gasteiger partial charge in [0.2, 0.25) is 0 Å². The first-order valence-corrected chi connectivity index (χ1v) is 15.7. The van der Waals surface area contributed by atoms with E-state index in [1.807, 2.05) is 12.2 Å². The summed E-state index contributed by atoms with van der Waals surface area (Å²) in [6.07, 6.45) is 3.53. The van der Waals surface area contributed by atoms with Crippen LogP contribution in [0.2, 0.25) is 0 Å². The average Bonchev–Trinajstić information content (AvgIpc) is 3.29. The van der Waals surface area contributed by atoms with Gasteiger partial charge in [0, 0.05) is 32.0 Å². The number of carbonyl (C=O) groups is 1. The van der Waals surface area contributed by atoms with Crippen molar-refractivity contribution in [2.24, 2.45) is 5.92 Å². The van der Waals surface area contributed by atoms with Gasteiger partial charge in [0.15, 0.2) is 12.6 Å². The zero-order chi connectivity index (χ0) is 31.4. The summed E-state index contributed by atoms with van der Waals surface area (Å²) >= 11 is 0. The summed E-state index contributed by atoms with van der Waals surface area (Å²) < 4.78 is 75.9. The molecule has 9 nitrogen and oxygen atoms in total. The molecular weight excluding hydrogens is 585 g/mol. The van der Waals surface area contributed by atoms with Gasteiger partial charge in [0.05, 0.1) is 30.5 Å². The maximum atomic E-state index is 13.2. The minimum absolute atomic E-state index is 0.0421. The molecule has 2 saturated heterocycles. The van der Waals surface area contributed by atoms with E-state index in [-0.39, 0.29) is 37.6 Å². The minimum Gasteiger partial charge on any atom is -0.491 e. The fourth-order valence-corrected chi connectivity index (χ4v) is 5.78. The van der Waals surface area contributed by atoms with E-state index >= 15 is 0 Å². The first-order valence-electron chi connectivity index (χ1n) is 15.7. The van der Waals surface area contributed by atoms with Crippen molar-refractivity contribution in [3.05, 3.63) is 42.0 Å². The molecule has 2 heterocycles. The molecule has 4 rings (SSSR count). The molecule has 0 bridgehead atoms. The van der Waals surface area contributed by atoms with E-state index in [2.05, 4.69) is 0 Å². The van der Waals surface area contributed by atoms with Gasteiger partial charge in [0.1, 0.15) is 18.5 Å². The monoisotopic (exact) mass is 630 g/mol. The molecule has 2 N–H and O–H groups in total. The van der Waals surface area contributed by atoms with Crippen molar-refractivity contribution < 1.29 is 56.6 Å². The molecule has 0 aromatic heterocycles. The van der Waals surface area contributed by atoms with Crippen molar-refractivity contribution in [1.29, 1.82) is 0 Å². The second-order valence-corrected chi connectivity index (χ2v) is 11.6. The van der Waals surface area contributed by atoms with Crippen LogP contribution in [-0.4, -0.2) is 79.6 Å². The Morgan fingerprint density at radius 3 is 2.48 bits per heavy atom. The number of aliphatic carboxylic acids is 1. The molecule has 2 aliphatic heterocycles. The highest BCUT2D eigenvalue weighted by molar-refractivity contribution is 5.66. The molecule has 7 atom stereocenters. The van der Waals surface area contributed by atoms with E-state index in [9.17, 15) is 23.1 Å². The highest BCUT2D eigenvalue weighted by Crippen LogP contribution is 2.36. The Labute approximate surface area is 256 Å². The van der Waals surface area contributed by atoms with Crippen LogP contribution in [0.4, 0.5) is 13.2 Å². The zero-order valence-electron chi connectivity index (χ0n) is 25.0. The predicted molar refractivity (Wildman–Crippen MR) is 153 cm³/mol. The number of hydrogen-bond acceptors (Lipinski definition) is 8. The summed E-state index contributed by atoms with van der Waals surface area (Å²) in [5.41, 5.74) is -0.803. The van der Waals surface area contributed by atoms with Crippen LogP contribution in [0.5, 0.6) is 5.75 Å². The Morgan fingerprint density at radius 1 is 1.05 bits per heavy atom. The smallest absolute Gasteiger partial charge is 0.416 e. The minimum atomic E-state index is -4.49. The highest BCUT2D eigenvalue weighted by Gasteiger charge is 2.45. The lowest BCUT2D eigenvalue weighted by Crippen LogP contribution is -2.40. The maximum absolute atomic E-state index is 13.2. The number of alkyl halides is 3. The van der Waals surface area contributed by atoms with Gasteiger partial charge < -0.3 is 38.6 Å². The van der Waals surface area contributed by atoms with E-state index in [0.29, 0.717) is 45.3 Å². The third-order valence-corrected chi connectivity index (χ3v) is 8.11. The second kappa shape index (κ2) is 17.5. The molecule has 0 amide bonds. The van der Waals surface area contributed by atoms with Gasteiger partial charge in [-0.2, -0.15) is 13.2 Å². The van der Waals surface area contributed by atoms with Gasteiger partial charge in [-0.25, -0.2) is 0 Å². The number of aliphatic hydroxyl groups is 1. The molecule has 12 heteroatoms. The average molecular weight is 631 g/mol. The van der Waals surface area contributed by atoms with Crippen LogP contribution in [0.3, 0.4) is 0 Å². The first kappa shape index (κ1) is 34.6. The number of aliphatic hydroxyl groups excluding tert-OH is 1. The second-order valence-electron chi connectivity index (χ2n) is 11.6. The molecule has 1 aliphatic carbocycles. The van der Waals surface area contributed by atoms with Gasteiger partial charge in [-0.15, -0.1) is 0 Å². The molecule has 0 spiro atoms. The normalized spacial score (nSPS) is 28.7. The van der Waals surface area contributed by atoms with Crippen LogP contribution in [0.25, 0.3) is 0 Å². The topological polar surface area (TPSA) is 113 Å². The number of benzene rings is 1. The third-order valence-electron chi connectivity index (χ3n) is 8.11. The third kappa shape index (κ3) is 11.3. The van der Waals surface area contributed by atoms with Gasteiger partial charge in [-0.05, 0) is 76.0 Å². The van der Waals surface area contributed by atoms with Crippen LogP contribution in [0.15, 0.2) is 36.4 Å². The number of carboxylic acids is 1. The van der Waals surface area contributed by atoms with Crippen LogP contribution < -0.4 is 4.74 Å². The molecule has 1 aromatic carbocycles. The number of halogens is 3. The number of allylic oxidation sites excluding steroid dienone is 2. The number of unbranched alkanes of at least 4 members (excludes halogenated alkanes) is 1. The molecule has 0 radical (unpaired) electrons. The maximum Gasteiger partial charge on any atom is 0.416 e. The van der Waals surface area contributed by atoms with Crippen LogP contribution in [-0.2, 0) is 34.7 Å². The largest absolute Gasteiger partial charge is 0.491 e. The predicted octanol–water partition coefficient (Wildman–Crippen LogP) is 5.88. The molecule has 1 saturated carbocycles. The van der Waals surface area contributed by atoms with Crippen LogP contribution in [0.1, 0.15) is 76.2 Å². The van der Waals surface area contributed by atoms with Crippen LogP contribution in [0, 0.1) is 5.92 Å². The zero-order valence-corrected chi connectivity index (χ0v) is 25.0. The molecule has 3 aliphatic rings. The van der Waals surface area contributed by atoms with E-state index in [1.165, 1.54) is 12.1 Å². The summed E-state index contributed by atoms with van der Waals surface area (Å²) in [5.74, 6) is -1.07. The number of ether oxygens (including phenoxy) is 6. The summed E-state index contributed by atoms with van der Waals surface area (Å²) in [6.45, 7) is 1.14. The van der Waals surface area contributed by atoms with E-state index < -0.39 is 48.4 Å². The van der Waals surface area contributed by atoms with Crippen molar-refractivity contribution >= 4 is 5.97 Å². The number of carboxylic acid groups (broad SMARTS) is 1. The Hall–Kier alpha value is -2.22. The van der Waals surface area contributed by atoms with Gasteiger partial charge in [-0.1, -0.05) is 18.2 Å². The van der Waals surface area contributed by atoms with E-state index in [4.69, 9.17) is 33.5 Å². The lowest BCUT2D eigenvalue weighted by molar-refractivity contribution is -0.226. The van der Waals surface area contributed by atoms with Crippen molar-refractivity contribution in [1.82, 2.24) is 0 Å². The SMILES string of the molecule is O=C(O)CCC/C=C/CC1C(O)CC(OC2CCCCO2)C1OCC(COc1cccc(C(F)(F)F)c1)OC1CCCCO1. The molecule has 3 fully saturated rings. The van der Waals surface area contributed by atoms with Gasteiger partial charge >= 0.3 is 12.1 Å².